The first-order chi connectivity index (χ1) is 12.2. The van der Waals surface area contributed by atoms with Crippen LogP contribution in [0.15, 0.2) is 30.6 Å². The van der Waals surface area contributed by atoms with Crippen LogP contribution >= 0.6 is 0 Å². The van der Waals surface area contributed by atoms with Crippen molar-refractivity contribution in [2.75, 3.05) is 13.1 Å². The SMILES string of the molecule is Cn1cc(CC2CCN(C(=O)NCc3ccc4c(c3)CCC4)C2)cn1. The fourth-order valence-electron chi connectivity index (χ4n) is 4.12. The molecule has 2 heterocycles. The van der Waals surface area contributed by atoms with Gasteiger partial charge >= 0.3 is 6.03 Å². The molecule has 0 spiro atoms. The molecule has 4 rings (SSSR count). The van der Waals surface area contributed by atoms with Crippen molar-refractivity contribution in [3.05, 3.63) is 52.8 Å². The molecule has 5 heteroatoms. The van der Waals surface area contributed by atoms with Crippen molar-refractivity contribution in [1.29, 1.82) is 0 Å². The van der Waals surface area contributed by atoms with Gasteiger partial charge in [0.05, 0.1) is 6.20 Å². The molecule has 1 unspecified atom stereocenters. The summed E-state index contributed by atoms with van der Waals surface area (Å²) in [6.07, 6.45) is 9.71. The zero-order valence-corrected chi connectivity index (χ0v) is 14.9. The van der Waals surface area contributed by atoms with Crippen LogP contribution in [-0.2, 0) is 32.9 Å². The van der Waals surface area contributed by atoms with E-state index >= 15 is 0 Å². The minimum atomic E-state index is 0.0641. The molecular formula is C20H26N4O. The van der Waals surface area contributed by atoms with E-state index in [9.17, 15) is 4.79 Å². The molecule has 2 aliphatic rings. The number of fused-ring (bicyclic) bond motifs is 1. The number of aromatic nitrogens is 2. The Morgan fingerprint density at radius 3 is 3.00 bits per heavy atom. The Labute approximate surface area is 149 Å². The topological polar surface area (TPSA) is 50.2 Å². The number of nitrogens with zero attached hydrogens (tertiary/aromatic N) is 3. The van der Waals surface area contributed by atoms with Crippen molar-refractivity contribution in [1.82, 2.24) is 20.0 Å². The van der Waals surface area contributed by atoms with Gasteiger partial charge in [0.25, 0.3) is 0 Å². The molecule has 1 aromatic heterocycles. The van der Waals surface area contributed by atoms with Gasteiger partial charge in [0.1, 0.15) is 0 Å². The molecule has 1 aromatic carbocycles. The van der Waals surface area contributed by atoms with E-state index in [0.717, 1.165) is 25.9 Å². The monoisotopic (exact) mass is 338 g/mol. The third-order valence-corrected chi connectivity index (χ3v) is 5.46. The highest BCUT2D eigenvalue weighted by atomic mass is 16.2. The number of amides is 2. The molecule has 1 saturated heterocycles. The molecule has 1 aliphatic heterocycles. The fourth-order valence-corrected chi connectivity index (χ4v) is 4.12. The van der Waals surface area contributed by atoms with Crippen LogP contribution < -0.4 is 5.32 Å². The van der Waals surface area contributed by atoms with E-state index in [0.29, 0.717) is 12.5 Å². The number of likely N-dealkylation sites (tertiary alicyclic amines) is 1. The highest BCUT2D eigenvalue weighted by molar-refractivity contribution is 5.74. The van der Waals surface area contributed by atoms with Crippen LogP contribution in [0.3, 0.4) is 0 Å². The summed E-state index contributed by atoms with van der Waals surface area (Å²) in [6, 6.07) is 6.70. The van der Waals surface area contributed by atoms with Crippen LogP contribution in [0.4, 0.5) is 4.79 Å². The molecule has 0 saturated carbocycles. The van der Waals surface area contributed by atoms with E-state index in [-0.39, 0.29) is 6.03 Å². The highest BCUT2D eigenvalue weighted by Gasteiger charge is 2.26. The summed E-state index contributed by atoms with van der Waals surface area (Å²) >= 11 is 0. The van der Waals surface area contributed by atoms with E-state index in [1.165, 1.54) is 41.5 Å². The molecule has 0 bridgehead atoms. The van der Waals surface area contributed by atoms with Gasteiger partial charge in [0, 0.05) is 32.9 Å². The Morgan fingerprint density at radius 2 is 2.16 bits per heavy atom. The Balaban J connectivity index is 1.27. The average Bonchev–Trinajstić information content (AvgIpc) is 3.33. The number of benzene rings is 1. The minimum Gasteiger partial charge on any atom is -0.334 e. The molecule has 5 nitrogen and oxygen atoms in total. The Morgan fingerprint density at radius 1 is 1.28 bits per heavy atom. The Kier molecular flexibility index (Phi) is 4.47. The van der Waals surface area contributed by atoms with Crippen molar-refractivity contribution >= 4 is 6.03 Å². The van der Waals surface area contributed by atoms with Crippen molar-refractivity contribution in [3.63, 3.8) is 0 Å². The predicted octanol–water partition coefficient (Wildman–Crippen LogP) is 2.68. The minimum absolute atomic E-state index is 0.0641. The Hall–Kier alpha value is -2.30. The Bertz CT molecular complexity index is 767. The zero-order valence-electron chi connectivity index (χ0n) is 14.9. The van der Waals surface area contributed by atoms with Gasteiger partial charge < -0.3 is 10.2 Å². The normalized spacial score (nSPS) is 19.2. The van der Waals surface area contributed by atoms with Gasteiger partial charge in [0.15, 0.2) is 0 Å². The maximum absolute atomic E-state index is 12.5. The molecule has 1 atom stereocenters. The third-order valence-electron chi connectivity index (χ3n) is 5.46. The summed E-state index contributed by atoms with van der Waals surface area (Å²) in [7, 11) is 1.94. The fraction of sp³-hybridized carbons (Fsp3) is 0.500. The molecule has 2 aromatic rings. The number of hydrogen-bond acceptors (Lipinski definition) is 2. The number of carbonyl (C=O) groups excluding carboxylic acids is 1. The van der Waals surface area contributed by atoms with Crippen molar-refractivity contribution in [2.45, 2.75) is 38.6 Å². The second-order valence-corrected chi connectivity index (χ2v) is 7.44. The van der Waals surface area contributed by atoms with Crippen LogP contribution in [0.5, 0.6) is 0 Å². The maximum atomic E-state index is 12.5. The molecule has 132 valence electrons. The smallest absolute Gasteiger partial charge is 0.317 e. The van der Waals surface area contributed by atoms with E-state index < -0.39 is 0 Å². The first-order valence-electron chi connectivity index (χ1n) is 9.28. The lowest BCUT2D eigenvalue weighted by Crippen LogP contribution is -2.38. The van der Waals surface area contributed by atoms with Gasteiger partial charge in [-0.15, -0.1) is 0 Å². The number of hydrogen-bond donors (Lipinski definition) is 1. The van der Waals surface area contributed by atoms with Crippen molar-refractivity contribution in [3.8, 4) is 0 Å². The van der Waals surface area contributed by atoms with Gasteiger partial charge in [-0.05, 0) is 60.3 Å². The van der Waals surface area contributed by atoms with Crippen LogP contribution in [0.25, 0.3) is 0 Å². The zero-order chi connectivity index (χ0) is 17.2. The second kappa shape index (κ2) is 6.90. The van der Waals surface area contributed by atoms with Gasteiger partial charge in [-0.25, -0.2) is 4.79 Å². The average molecular weight is 338 g/mol. The molecule has 1 aliphatic carbocycles. The van der Waals surface area contributed by atoms with Crippen LogP contribution in [0.1, 0.15) is 35.1 Å². The largest absolute Gasteiger partial charge is 0.334 e. The number of rotatable bonds is 4. The molecular weight excluding hydrogens is 312 g/mol. The number of aryl methyl sites for hydroxylation is 3. The third kappa shape index (κ3) is 3.70. The van der Waals surface area contributed by atoms with Gasteiger partial charge in [0.2, 0.25) is 0 Å². The molecule has 1 N–H and O–H groups in total. The highest BCUT2D eigenvalue weighted by Crippen LogP contribution is 2.23. The summed E-state index contributed by atoms with van der Waals surface area (Å²) < 4.78 is 1.84. The van der Waals surface area contributed by atoms with E-state index in [1.807, 2.05) is 22.8 Å². The summed E-state index contributed by atoms with van der Waals surface area (Å²) in [5.74, 6) is 0.537. The summed E-state index contributed by atoms with van der Waals surface area (Å²) in [6.45, 7) is 2.31. The van der Waals surface area contributed by atoms with Crippen LogP contribution in [-0.4, -0.2) is 33.8 Å². The van der Waals surface area contributed by atoms with Gasteiger partial charge in [-0.3, -0.25) is 4.68 Å². The standard InChI is InChI=1S/C20H26N4O/c1-23-13-17(12-22-23)9-16-7-8-24(14-16)20(25)21-11-15-5-6-18-3-2-4-19(18)10-15/h5-6,10,12-13,16H,2-4,7-9,11,14H2,1H3,(H,21,25). The van der Waals surface area contributed by atoms with Crippen LogP contribution in [0.2, 0.25) is 0 Å². The molecule has 1 fully saturated rings. The van der Waals surface area contributed by atoms with E-state index in [2.05, 4.69) is 34.8 Å². The molecule has 2 amide bonds. The van der Waals surface area contributed by atoms with Crippen LogP contribution in [0, 0.1) is 5.92 Å². The first-order valence-corrected chi connectivity index (χ1v) is 9.28. The predicted molar refractivity (Wildman–Crippen MR) is 97.3 cm³/mol. The second-order valence-electron chi connectivity index (χ2n) is 7.44. The van der Waals surface area contributed by atoms with Gasteiger partial charge in [-0.2, -0.15) is 5.10 Å². The number of carbonyl (C=O) groups is 1. The number of urea groups is 1. The first kappa shape index (κ1) is 16.2. The number of nitrogens with one attached hydrogen (secondary N) is 1. The van der Waals surface area contributed by atoms with Gasteiger partial charge in [-0.1, -0.05) is 18.2 Å². The summed E-state index contributed by atoms with van der Waals surface area (Å²) in [4.78, 5) is 14.4. The molecule has 0 radical (unpaired) electrons. The summed E-state index contributed by atoms with van der Waals surface area (Å²) in [5.41, 5.74) is 5.41. The summed E-state index contributed by atoms with van der Waals surface area (Å²) in [5, 5.41) is 7.32. The quantitative estimate of drug-likeness (QED) is 0.932. The lowest BCUT2D eigenvalue weighted by Gasteiger charge is -2.17. The van der Waals surface area contributed by atoms with E-state index in [1.54, 1.807) is 0 Å². The molecule has 25 heavy (non-hydrogen) atoms. The van der Waals surface area contributed by atoms with Crippen molar-refractivity contribution in [2.24, 2.45) is 13.0 Å². The maximum Gasteiger partial charge on any atom is 0.317 e. The lowest BCUT2D eigenvalue weighted by molar-refractivity contribution is 0.206. The lowest BCUT2D eigenvalue weighted by atomic mass is 10.0. The van der Waals surface area contributed by atoms with E-state index in [4.69, 9.17) is 0 Å². The van der Waals surface area contributed by atoms with Crippen molar-refractivity contribution < 1.29 is 4.79 Å².